The number of halogens is 1. The van der Waals surface area contributed by atoms with E-state index >= 15 is 0 Å². The molecule has 4 nitrogen and oxygen atoms in total. The fraction of sp³-hybridized carbons (Fsp3) is 0.429. The number of nitrogens with one attached hydrogen (secondary N) is 1. The van der Waals surface area contributed by atoms with E-state index in [2.05, 4.69) is 5.32 Å². The molecule has 2 amide bonds. The van der Waals surface area contributed by atoms with E-state index in [1.54, 1.807) is 0 Å². The summed E-state index contributed by atoms with van der Waals surface area (Å²) in [7, 11) is 0. The molecule has 0 radical (unpaired) electrons. The van der Waals surface area contributed by atoms with Crippen LogP contribution in [0.1, 0.15) is 46.8 Å². The van der Waals surface area contributed by atoms with E-state index in [1.165, 1.54) is 12.1 Å². The highest BCUT2D eigenvalue weighted by atomic mass is 19.1. The predicted molar refractivity (Wildman–Crippen MR) is 66.8 cm³/mol. The Hall–Kier alpha value is -1.91. The molecule has 2 aliphatic rings. The largest absolute Gasteiger partial charge is 0.366 e. The molecule has 0 aliphatic heterocycles. The van der Waals surface area contributed by atoms with Gasteiger partial charge in [0.15, 0.2) is 0 Å². The van der Waals surface area contributed by atoms with Gasteiger partial charge in [-0.05, 0) is 43.4 Å². The van der Waals surface area contributed by atoms with Crippen LogP contribution >= 0.6 is 0 Å². The number of carbonyl (C=O) groups is 2. The molecule has 0 spiro atoms. The number of amides is 2. The van der Waals surface area contributed by atoms with Gasteiger partial charge < -0.3 is 11.1 Å². The van der Waals surface area contributed by atoms with Gasteiger partial charge in [0, 0.05) is 17.0 Å². The summed E-state index contributed by atoms with van der Waals surface area (Å²) in [6, 6.07) is 2.34. The Kier molecular flexibility index (Phi) is 2.77. The maximum absolute atomic E-state index is 13.9. The second kappa shape index (κ2) is 4.33. The van der Waals surface area contributed by atoms with Crippen molar-refractivity contribution in [3.8, 4) is 0 Å². The van der Waals surface area contributed by atoms with E-state index in [-0.39, 0.29) is 23.7 Å². The normalized spacial score (nSPS) is 21.0. The smallest absolute Gasteiger partial charge is 0.248 e. The second-order valence-electron chi connectivity index (χ2n) is 5.23. The summed E-state index contributed by atoms with van der Waals surface area (Å²) in [5.74, 6) is -0.850. The van der Waals surface area contributed by atoms with Crippen LogP contribution < -0.4 is 11.1 Å². The summed E-state index contributed by atoms with van der Waals surface area (Å²) in [5, 5.41) is 2.87. The molecule has 2 aliphatic carbocycles. The van der Waals surface area contributed by atoms with Gasteiger partial charge in [0.05, 0.1) is 6.04 Å². The van der Waals surface area contributed by atoms with Crippen LogP contribution in [-0.4, -0.2) is 11.8 Å². The molecule has 19 heavy (non-hydrogen) atoms. The van der Waals surface area contributed by atoms with Gasteiger partial charge in [-0.1, -0.05) is 0 Å². The Morgan fingerprint density at radius 1 is 1.26 bits per heavy atom. The molecule has 1 fully saturated rings. The van der Waals surface area contributed by atoms with E-state index in [0.717, 1.165) is 12.8 Å². The number of hydrogen-bond donors (Lipinski definition) is 2. The first-order valence-corrected chi connectivity index (χ1v) is 6.49. The molecule has 0 heterocycles. The number of benzene rings is 1. The van der Waals surface area contributed by atoms with Crippen LogP contribution in [0.2, 0.25) is 0 Å². The van der Waals surface area contributed by atoms with Crippen molar-refractivity contribution in [2.24, 2.45) is 11.7 Å². The van der Waals surface area contributed by atoms with E-state index < -0.39 is 5.91 Å². The molecule has 3 rings (SSSR count). The molecular formula is C14H15FN2O2. The number of nitrogens with two attached hydrogens (primary N) is 1. The van der Waals surface area contributed by atoms with E-state index in [1.807, 2.05) is 0 Å². The van der Waals surface area contributed by atoms with Crippen molar-refractivity contribution in [1.29, 1.82) is 0 Å². The zero-order valence-corrected chi connectivity index (χ0v) is 10.4. The minimum Gasteiger partial charge on any atom is -0.366 e. The van der Waals surface area contributed by atoms with Gasteiger partial charge in [-0.25, -0.2) is 4.39 Å². The summed E-state index contributed by atoms with van der Waals surface area (Å²) >= 11 is 0. The summed E-state index contributed by atoms with van der Waals surface area (Å²) in [5.41, 5.74) is 6.74. The van der Waals surface area contributed by atoms with Crippen molar-refractivity contribution >= 4 is 11.8 Å². The maximum Gasteiger partial charge on any atom is 0.248 e. The van der Waals surface area contributed by atoms with E-state index in [4.69, 9.17) is 5.73 Å². The molecule has 1 aromatic carbocycles. The molecular weight excluding hydrogens is 247 g/mol. The van der Waals surface area contributed by atoms with Crippen molar-refractivity contribution in [2.75, 3.05) is 0 Å². The molecule has 1 unspecified atom stereocenters. The lowest BCUT2D eigenvalue weighted by atomic mass is 10.0. The van der Waals surface area contributed by atoms with Gasteiger partial charge in [-0.15, -0.1) is 0 Å². The van der Waals surface area contributed by atoms with Crippen LogP contribution in [0.3, 0.4) is 0 Å². The lowest BCUT2D eigenvalue weighted by molar-refractivity contribution is -0.123. The van der Waals surface area contributed by atoms with Gasteiger partial charge in [0.25, 0.3) is 0 Å². The van der Waals surface area contributed by atoms with Crippen molar-refractivity contribution in [3.05, 3.63) is 34.6 Å². The molecule has 1 aromatic rings. The molecule has 0 saturated heterocycles. The van der Waals surface area contributed by atoms with Gasteiger partial charge in [-0.3, -0.25) is 9.59 Å². The Morgan fingerprint density at radius 3 is 2.63 bits per heavy atom. The number of rotatable bonds is 3. The van der Waals surface area contributed by atoms with Gasteiger partial charge in [-0.2, -0.15) is 0 Å². The highest BCUT2D eigenvalue weighted by Gasteiger charge is 2.35. The summed E-state index contributed by atoms with van der Waals surface area (Å²) in [6.45, 7) is 0. The average Bonchev–Trinajstić information content (AvgIpc) is 3.12. The Labute approximate surface area is 110 Å². The highest BCUT2D eigenvalue weighted by molar-refractivity contribution is 5.95. The van der Waals surface area contributed by atoms with Crippen LogP contribution in [0.5, 0.6) is 0 Å². The number of carbonyl (C=O) groups excluding carboxylic acids is 2. The molecule has 5 heteroatoms. The highest BCUT2D eigenvalue weighted by Crippen LogP contribution is 2.37. The van der Waals surface area contributed by atoms with Crippen LogP contribution in [0.25, 0.3) is 0 Å². The van der Waals surface area contributed by atoms with Crippen molar-refractivity contribution in [3.63, 3.8) is 0 Å². The number of hydrogen-bond acceptors (Lipinski definition) is 2. The van der Waals surface area contributed by atoms with Gasteiger partial charge in [0.1, 0.15) is 5.82 Å². The minimum absolute atomic E-state index is 0.0123. The molecule has 100 valence electrons. The Bertz CT molecular complexity index is 567. The Balaban J connectivity index is 1.92. The second-order valence-corrected chi connectivity index (χ2v) is 5.23. The SMILES string of the molecule is NC(=O)c1ccc(F)c2c1CCC2NC(=O)C1CC1. The lowest BCUT2D eigenvalue weighted by Crippen LogP contribution is -2.29. The predicted octanol–water partition coefficient (Wildman–Crippen LogP) is 1.44. The van der Waals surface area contributed by atoms with Crippen LogP contribution in [-0.2, 0) is 11.2 Å². The van der Waals surface area contributed by atoms with Gasteiger partial charge in [0.2, 0.25) is 11.8 Å². The molecule has 1 saturated carbocycles. The quantitative estimate of drug-likeness (QED) is 0.865. The number of fused-ring (bicyclic) bond motifs is 1. The van der Waals surface area contributed by atoms with Crippen LogP contribution in [0.4, 0.5) is 4.39 Å². The zero-order valence-electron chi connectivity index (χ0n) is 10.4. The first-order chi connectivity index (χ1) is 9.08. The maximum atomic E-state index is 13.9. The molecule has 0 aromatic heterocycles. The summed E-state index contributed by atoms with van der Waals surface area (Å²) < 4.78 is 13.9. The third-order valence-corrected chi connectivity index (χ3v) is 3.87. The fourth-order valence-electron chi connectivity index (χ4n) is 2.73. The first-order valence-electron chi connectivity index (χ1n) is 6.49. The van der Waals surface area contributed by atoms with Crippen LogP contribution in [0, 0.1) is 11.7 Å². The third-order valence-electron chi connectivity index (χ3n) is 3.87. The van der Waals surface area contributed by atoms with Crippen molar-refractivity contribution in [2.45, 2.75) is 31.7 Å². The fourth-order valence-corrected chi connectivity index (χ4v) is 2.73. The average molecular weight is 262 g/mol. The Morgan fingerprint density at radius 2 is 2.00 bits per heavy atom. The lowest BCUT2D eigenvalue weighted by Gasteiger charge is -2.15. The van der Waals surface area contributed by atoms with Crippen molar-refractivity contribution in [1.82, 2.24) is 5.32 Å². The zero-order chi connectivity index (χ0) is 13.6. The van der Waals surface area contributed by atoms with E-state index in [9.17, 15) is 14.0 Å². The third kappa shape index (κ3) is 2.09. The molecule has 1 atom stereocenters. The topological polar surface area (TPSA) is 72.2 Å². The standard InChI is InChI=1S/C14H15FN2O2/c15-10-5-3-9(13(16)18)8-4-6-11(12(8)10)17-14(19)7-1-2-7/h3,5,7,11H,1-2,4,6H2,(H2,16,18)(H,17,19). The number of primary amides is 1. The summed E-state index contributed by atoms with van der Waals surface area (Å²) in [4.78, 5) is 23.1. The molecule has 0 bridgehead atoms. The van der Waals surface area contributed by atoms with E-state index in [0.29, 0.717) is 29.5 Å². The van der Waals surface area contributed by atoms with Crippen molar-refractivity contribution < 1.29 is 14.0 Å². The first kappa shape index (κ1) is 12.1. The van der Waals surface area contributed by atoms with Gasteiger partial charge >= 0.3 is 0 Å². The monoisotopic (exact) mass is 262 g/mol. The minimum atomic E-state index is -0.551. The van der Waals surface area contributed by atoms with Crippen LogP contribution in [0.15, 0.2) is 12.1 Å². The molecule has 3 N–H and O–H groups in total. The summed E-state index contributed by atoms with van der Waals surface area (Å²) in [6.07, 6.45) is 3.01.